The molecule has 0 fully saturated rings. The number of hydrogen-bond acceptors (Lipinski definition) is 6. The number of carbonyl (C=O) groups is 2. The molecule has 3 aromatic rings. The number of alkyl halides is 3. The molecule has 0 aliphatic heterocycles. The van der Waals surface area contributed by atoms with Gasteiger partial charge in [-0.05, 0) is 67.5 Å². The van der Waals surface area contributed by atoms with Crippen molar-refractivity contribution in [3.8, 4) is 11.5 Å². The van der Waals surface area contributed by atoms with Crippen LogP contribution in [0.15, 0.2) is 83.8 Å². The van der Waals surface area contributed by atoms with Crippen LogP contribution < -0.4 is 9.47 Å². The molecule has 0 spiro atoms. The Kier molecular flexibility index (Phi) is 13.0. The summed E-state index contributed by atoms with van der Waals surface area (Å²) >= 11 is 1.69. The number of rotatable bonds is 16. The standard InChI is InChI=1S/C31H34F3NO6S/c1-2-39-28(29(36)37)22-23-14-16-24(17-15-23)40-20-19-35(18-8-9-21-42-25-10-4-3-5-11-25)30(38)41-27-13-7-6-12-26(27)31(32,33)34/h3-7,10-17,28H,2,8-9,18-22H2,1H3,(H,36,37). The fourth-order valence-electron chi connectivity index (χ4n) is 3.98. The number of benzene rings is 3. The Labute approximate surface area is 247 Å². The van der Waals surface area contributed by atoms with Crippen molar-refractivity contribution in [2.24, 2.45) is 0 Å². The lowest BCUT2D eigenvalue weighted by Gasteiger charge is -2.23. The molecule has 1 amide bonds. The minimum Gasteiger partial charge on any atom is -0.492 e. The van der Waals surface area contributed by atoms with Crippen molar-refractivity contribution in [1.82, 2.24) is 4.90 Å². The van der Waals surface area contributed by atoms with Crippen LogP contribution in [0.5, 0.6) is 11.5 Å². The highest BCUT2D eigenvalue weighted by Gasteiger charge is 2.35. The smallest absolute Gasteiger partial charge is 0.419 e. The van der Waals surface area contributed by atoms with Gasteiger partial charge in [-0.1, -0.05) is 42.5 Å². The number of halogens is 3. The Morgan fingerprint density at radius 2 is 1.62 bits per heavy atom. The third-order valence-corrected chi connectivity index (χ3v) is 7.20. The lowest BCUT2D eigenvalue weighted by Crippen LogP contribution is -2.38. The molecule has 11 heteroatoms. The molecule has 0 saturated heterocycles. The SMILES string of the molecule is CCOC(Cc1ccc(OCCN(CCCCSc2ccccc2)C(=O)Oc2ccccc2C(F)(F)F)cc1)C(=O)O. The predicted octanol–water partition coefficient (Wildman–Crippen LogP) is 7.19. The average Bonchev–Trinajstić information content (AvgIpc) is 2.97. The first kappa shape index (κ1) is 32.8. The highest BCUT2D eigenvalue weighted by molar-refractivity contribution is 7.99. The molecule has 0 saturated carbocycles. The van der Waals surface area contributed by atoms with Crippen molar-refractivity contribution in [1.29, 1.82) is 0 Å². The first-order chi connectivity index (χ1) is 20.2. The third kappa shape index (κ3) is 10.9. The van der Waals surface area contributed by atoms with Gasteiger partial charge in [0.05, 0.1) is 12.1 Å². The summed E-state index contributed by atoms with van der Waals surface area (Å²) in [7, 11) is 0. The summed E-state index contributed by atoms with van der Waals surface area (Å²) in [6, 6.07) is 21.3. The van der Waals surface area contributed by atoms with E-state index in [1.54, 1.807) is 43.0 Å². The van der Waals surface area contributed by atoms with Gasteiger partial charge in [-0.2, -0.15) is 13.2 Å². The topological polar surface area (TPSA) is 85.3 Å². The van der Waals surface area contributed by atoms with Gasteiger partial charge in [0.25, 0.3) is 0 Å². The van der Waals surface area contributed by atoms with Gasteiger partial charge in [-0.3, -0.25) is 0 Å². The maximum absolute atomic E-state index is 13.4. The van der Waals surface area contributed by atoms with Gasteiger partial charge in [0, 0.05) is 24.5 Å². The van der Waals surface area contributed by atoms with Crippen LogP contribution in [0.1, 0.15) is 30.9 Å². The van der Waals surface area contributed by atoms with Crippen LogP contribution >= 0.6 is 11.8 Å². The van der Waals surface area contributed by atoms with Crippen LogP contribution in [0.3, 0.4) is 0 Å². The molecule has 1 atom stereocenters. The van der Waals surface area contributed by atoms with Gasteiger partial charge in [0.2, 0.25) is 0 Å². The Morgan fingerprint density at radius 1 is 0.929 bits per heavy atom. The lowest BCUT2D eigenvalue weighted by atomic mass is 10.1. The summed E-state index contributed by atoms with van der Waals surface area (Å²) in [6.07, 6.45) is -4.91. The van der Waals surface area contributed by atoms with Crippen molar-refractivity contribution in [3.63, 3.8) is 0 Å². The van der Waals surface area contributed by atoms with E-state index in [4.69, 9.17) is 14.2 Å². The Hall–Kier alpha value is -3.70. The van der Waals surface area contributed by atoms with Gasteiger partial charge < -0.3 is 24.2 Å². The summed E-state index contributed by atoms with van der Waals surface area (Å²) in [6.45, 7) is 2.45. The Bertz CT molecular complexity index is 1260. The fraction of sp³-hybridized carbons (Fsp3) is 0.355. The van der Waals surface area contributed by atoms with Crippen molar-refractivity contribution < 1.29 is 42.1 Å². The number of nitrogens with zero attached hydrogens (tertiary/aromatic N) is 1. The predicted molar refractivity (Wildman–Crippen MR) is 154 cm³/mol. The van der Waals surface area contributed by atoms with Gasteiger partial charge in [-0.15, -0.1) is 11.8 Å². The number of hydrogen-bond donors (Lipinski definition) is 1. The molecule has 1 unspecified atom stereocenters. The number of thioether (sulfide) groups is 1. The molecule has 226 valence electrons. The molecule has 0 bridgehead atoms. The molecule has 1 N–H and O–H groups in total. The number of ether oxygens (including phenoxy) is 3. The monoisotopic (exact) mass is 605 g/mol. The number of carboxylic acid groups (broad SMARTS) is 1. The van der Waals surface area contributed by atoms with E-state index in [-0.39, 0.29) is 32.7 Å². The molecule has 0 aromatic heterocycles. The zero-order chi connectivity index (χ0) is 30.4. The molecule has 0 aliphatic rings. The third-order valence-electron chi connectivity index (χ3n) is 6.10. The summed E-state index contributed by atoms with van der Waals surface area (Å²) in [5.41, 5.74) is -0.270. The van der Waals surface area contributed by atoms with Crippen molar-refractivity contribution in [2.75, 3.05) is 32.1 Å². The second-order valence-corrected chi connectivity index (χ2v) is 10.4. The molecular formula is C31H34F3NO6S. The number of carbonyl (C=O) groups excluding carboxylic acids is 1. The van der Waals surface area contributed by atoms with Gasteiger partial charge in [-0.25, -0.2) is 9.59 Å². The van der Waals surface area contributed by atoms with E-state index in [9.17, 15) is 27.9 Å². The lowest BCUT2D eigenvalue weighted by molar-refractivity contribution is -0.150. The maximum Gasteiger partial charge on any atom is 0.419 e. The molecule has 42 heavy (non-hydrogen) atoms. The molecule has 7 nitrogen and oxygen atoms in total. The maximum atomic E-state index is 13.4. The normalized spacial score (nSPS) is 12.0. The number of aliphatic carboxylic acids is 1. The Balaban J connectivity index is 1.58. The van der Waals surface area contributed by atoms with Crippen LogP contribution in [-0.4, -0.2) is 60.2 Å². The van der Waals surface area contributed by atoms with Crippen molar-refractivity contribution >= 4 is 23.8 Å². The first-order valence-electron chi connectivity index (χ1n) is 13.5. The summed E-state index contributed by atoms with van der Waals surface area (Å²) in [5, 5.41) is 9.28. The molecule has 3 aromatic carbocycles. The molecule has 0 aliphatic carbocycles. The largest absolute Gasteiger partial charge is 0.492 e. The van der Waals surface area contributed by atoms with Crippen LogP contribution in [0.4, 0.5) is 18.0 Å². The van der Waals surface area contributed by atoms with E-state index in [2.05, 4.69) is 0 Å². The second kappa shape index (κ2) is 16.7. The highest BCUT2D eigenvalue weighted by Crippen LogP contribution is 2.36. The number of para-hydroxylation sites is 1. The van der Waals surface area contributed by atoms with E-state index < -0.39 is 35.7 Å². The Morgan fingerprint density at radius 3 is 2.29 bits per heavy atom. The fourth-order valence-corrected chi connectivity index (χ4v) is 4.92. The van der Waals surface area contributed by atoms with E-state index >= 15 is 0 Å². The zero-order valence-corrected chi connectivity index (χ0v) is 24.0. The van der Waals surface area contributed by atoms with E-state index in [0.29, 0.717) is 12.2 Å². The van der Waals surface area contributed by atoms with Gasteiger partial charge >= 0.3 is 18.2 Å². The van der Waals surface area contributed by atoms with Crippen LogP contribution in [0.25, 0.3) is 0 Å². The van der Waals surface area contributed by atoms with E-state index in [1.165, 1.54) is 17.0 Å². The summed E-state index contributed by atoms with van der Waals surface area (Å²) < 4.78 is 56.5. The second-order valence-electron chi connectivity index (χ2n) is 9.20. The number of carboxylic acids is 1. The number of unbranched alkanes of at least 4 members (excludes halogenated alkanes) is 1. The molecule has 0 heterocycles. The summed E-state index contributed by atoms with van der Waals surface area (Å²) in [4.78, 5) is 26.8. The van der Waals surface area contributed by atoms with Crippen LogP contribution in [-0.2, 0) is 22.1 Å². The number of amides is 1. The van der Waals surface area contributed by atoms with Crippen molar-refractivity contribution in [2.45, 2.75) is 43.4 Å². The van der Waals surface area contributed by atoms with Gasteiger partial charge in [0.15, 0.2) is 6.10 Å². The molecular weight excluding hydrogens is 571 g/mol. The minimum absolute atomic E-state index is 0.0742. The van der Waals surface area contributed by atoms with Crippen LogP contribution in [0.2, 0.25) is 0 Å². The van der Waals surface area contributed by atoms with Crippen LogP contribution in [0, 0.1) is 0 Å². The van der Waals surface area contributed by atoms with Crippen molar-refractivity contribution in [3.05, 3.63) is 90.0 Å². The molecule has 0 radical (unpaired) electrons. The zero-order valence-electron chi connectivity index (χ0n) is 23.2. The molecule has 3 rings (SSSR count). The summed E-state index contributed by atoms with van der Waals surface area (Å²) in [5.74, 6) is -0.279. The average molecular weight is 606 g/mol. The minimum atomic E-state index is -4.67. The highest BCUT2D eigenvalue weighted by atomic mass is 32.2. The first-order valence-corrected chi connectivity index (χ1v) is 14.5. The van der Waals surface area contributed by atoms with E-state index in [1.807, 2.05) is 30.3 Å². The van der Waals surface area contributed by atoms with Gasteiger partial charge in [0.1, 0.15) is 18.1 Å². The van der Waals surface area contributed by atoms with E-state index in [0.717, 1.165) is 34.8 Å². The quantitative estimate of drug-likeness (QED) is 0.137.